The Hall–Kier alpha value is -1.87. The minimum absolute atomic E-state index is 0.0410. The van der Waals surface area contributed by atoms with Crippen molar-refractivity contribution in [1.29, 1.82) is 0 Å². The lowest BCUT2D eigenvalue weighted by molar-refractivity contribution is -0.133. The first-order valence-corrected chi connectivity index (χ1v) is 10.8. The maximum Gasteiger partial charge on any atom is 0.287 e. The highest BCUT2D eigenvalue weighted by atomic mass is 32.2. The van der Waals surface area contributed by atoms with Crippen LogP contribution in [-0.2, 0) is 14.8 Å². The van der Waals surface area contributed by atoms with Gasteiger partial charge in [0.15, 0.2) is 5.76 Å². The molecule has 0 bridgehead atoms. The Morgan fingerprint density at radius 3 is 2.30 bits per heavy atom. The summed E-state index contributed by atoms with van der Waals surface area (Å²) in [6, 6.07) is 2.58. The number of likely N-dealkylation sites (tertiary alicyclic amines) is 1. The molecule has 1 aliphatic carbocycles. The molecular weight excluding hydrogens is 370 g/mol. The van der Waals surface area contributed by atoms with E-state index in [4.69, 9.17) is 4.42 Å². The Morgan fingerprint density at radius 1 is 1.11 bits per heavy atom. The predicted molar refractivity (Wildman–Crippen MR) is 98.6 cm³/mol. The molecule has 9 heteroatoms. The van der Waals surface area contributed by atoms with E-state index in [2.05, 4.69) is 10.0 Å². The lowest BCUT2D eigenvalue weighted by Gasteiger charge is -2.32. The Bertz CT molecular complexity index is 812. The van der Waals surface area contributed by atoms with E-state index in [9.17, 15) is 18.0 Å². The van der Waals surface area contributed by atoms with E-state index in [0.29, 0.717) is 25.9 Å². The maximum atomic E-state index is 12.4. The van der Waals surface area contributed by atoms with Crippen LogP contribution in [0.4, 0.5) is 0 Å². The van der Waals surface area contributed by atoms with E-state index in [0.717, 1.165) is 12.8 Å². The number of piperidine rings is 1. The van der Waals surface area contributed by atoms with Gasteiger partial charge in [-0.1, -0.05) is 0 Å². The number of hydrogen-bond donors (Lipinski definition) is 2. The van der Waals surface area contributed by atoms with Crippen LogP contribution in [-0.4, -0.2) is 49.8 Å². The van der Waals surface area contributed by atoms with Crippen LogP contribution in [0, 0.1) is 5.92 Å². The largest absolute Gasteiger partial charge is 0.438 e. The van der Waals surface area contributed by atoms with Gasteiger partial charge >= 0.3 is 0 Å². The summed E-state index contributed by atoms with van der Waals surface area (Å²) in [5.74, 6) is -0.0479. The van der Waals surface area contributed by atoms with Crippen LogP contribution in [0.3, 0.4) is 0 Å². The molecule has 0 atom stereocenters. The SMILES string of the molecule is CC(C)(C)NS(=O)(=O)c1ccc(C(=O)NC2CCN(C(=O)C3CC3)CC2)o1. The number of hydrogen-bond acceptors (Lipinski definition) is 5. The fourth-order valence-corrected chi connectivity index (χ4v) is 4.48. The second kappa shape index (κ2) is 7.27. The first-order chi connectivity index (χ1) is 12.5. The third kappa shape index (κ3) is 5.10. The number of carbonyl (C=O) groups excluding carboxylic acids is 2. The molecule has 2 amide bonds. The second-order valence-electron chi connectivity index (χ2n) is 8.32. The van der Waals surface area contributed by atoms with Gasteiger partial charge < -0.3 is 14.6 Å². The first-order valence-electron chi connectivity index (χ1n) is 9.29. The average molecular weight is 397 g/mol. The highest BCUT2D eigenvalue weighted by Gasteiger charge is 2.35. The molecule has 2 N–H and O–H groups in total. The normalized spacial score (nSPS) is 19.1. The van der Waals surface area contributed by atoms with E-state index in [1.807, 2.05) is 4.90 Å². The summed E-state index contributed by atoms with van der Waals surface area (Å²) < 4.78 is 32.3. The standard InChI is InChI=1S/C18H27N3O5S/c1-18(2,3)20-27(24,25)15-7-6-14(26-15)16(22)19-13-8-10-21(11-9-13)17(23)12-4-5-12/h6-7,12-13,20H,4-5,8-11H2,1-3H3,(H,19,22). The minimum Gasteiger partial charge on any atom is -0.438 e. The van der Waals surface area contributed by atoms with Crippen molar-refractivity contribution in [3.63, 3.8) is 0 Å². The van der Waals surface area contributed by atoms with Crippen LogP contribution in [0.1, 0.15) is 57.0 Å². The molecule has 2 heterocycles. The maximum absolute atomic E-state index is 12.4. The van der Waals surface area contributed by atoms with Gasteiger partial charge in [-0.05, 0) is 58.6 Å². The van der Waals surface area contributed by atoms with Crippen molar-refractivity contribution in [2.45, 2.75) is 63.1 Å². The van der Waals surface area contributed by atoms with E-state index < -0.39 is 21.5 Å². The molecule has 1 aromatic heterocycles. The summed E-state index contributed by atoms with van der Waals surface area (Å²) in [5.41, 5.74) is -0.653. The smallest absolute Gasteiger partial charge is 0.287 e. The molecule has 2 aliphatic rings. The Morgan fingerprint density at radius 2 is 1.74 bits per heavy atom. The summed E-state index contributed by atoms with van der Waals surface area (Å²) in [7, 11) is -3.82. The number of furan rings is 1. The molecule has 1 aliphatic heterocycles. The summed E-state index contributed by atoms with van der Waals surface area (Å²) in [6.07, 6.45) is 3.34. The lowest BCUT2D eigenvalue weighted by atomic mass is 10.0. The van der Waals surface area contributed by atoms with Crippen LogP contribution in [0.5, 0.6) is 0 Å². The van der Waals surface area contributed by atoms with Gasteiger partial charge in [-0.15, -0.1) is 0 Å². The van der Waals surface area contributed by atoms with Crippen LogP contribution < -0.4 is 10.0 Å². The van der Waals surface area contributed by atoms with Crippen LogP contribution in [0.25, 0.3) is 0 Å². The number of amides is 2. The van der Waals surface area contributed by atoms with Gasteiger partial charge in [0.25, 0.3) is 15.9 Å². The zero-order valence-electron chi connectivity index (χ0n) is 15.9. The van der Waals surface area contributed by atoms with Crippen molar-refractivity contribution >= 4 is 21.8 Å². The fraction of sp³-hybridized carbons (Fsp3) is 0.667. The van der Waals surface area contributed by atoms with E-state index in [1.165, 1.54) is 12.1 Å². The van der Waals surface area contributed by atoms with Gasteiger partial charge in [0.1, 0.15) is 0 Å². The molecule has 1 saturated carbocycles. The zero-order valence-corrected chi connectivity index (χ0v) is 16.8. The Balaban J connectivity index is 1.55. The van der Waals surface area contributed by atoms with Crippen molar-refractivity contribution in [2.75, 3.05) is 13.1 Å². The minimum atomic E-state index is -3.82. The van der Waals surface area contributed by atoms with Crippen molar-refractivity contribution in [3.05, 3.63) is 17.9 Å². The summed E-state index contributed by atoms with van der Waals surface area (Å²) in [6.45, 7) is 6.44. The number of nitrogens with one attached hydrogen (secondary N) is 2. The van der Waals surface area contributed by atoms with Gasteiger partial charge in [-0.3, -0.25) is 9.59 Å². The predicted octanol–water partition coefficient (Wildman–Crippen LogP) is 1.49. The van der Waals surface area contributed by atoms with Crippen molar-refractivity contribution in [2.24, 2.45) is 5.92 Å². The van der Waals surface area contributed by atoms with Crippen molar-refractivity contribution in [3.8, 4) is 0 Å². The molecule has 2 fully saturated rings. The molecule has 3 rings (SSSR count). The summed E-state index contributed by atoms with van der Waals surface area (Å²) in [4.78, 5) is 26.3. The number of sulfonamides is 1. The molecule has 1 saturated heterocycles. The highest BCUT2D eigenvalue weighted by Crippen LogP contribution is 2.31. The van der Waals surface area contributed by atoms with Crippen LogP contribution >= 0.6 is 0 Å². The number of nitrogens with zero attached hydrogens (tertiary/aromatic N) is 1. The monoisotopic (exact) mass is 397 g/mol. The molecule has 0 spiro atoms. The summed E-state index contributed by atoms with van der Waals surface area (Å²) in [5, 5.41) is 2.58. The quantitative estimate of drug-likeness (QED) is 0.782. The van der Waals surface area contributed by atoms with Crippen molar-refractivity contribution in [1.82, 2.24) is 14.9 Å². The molecular formula is C18H27N3O5S. The van der Waals surface area contributed by atoms with Gasteiger partial charge in [-0.25, -0.2) is 13.1 Å². The first kappa shape index (κ1) is 19.9. The third-order valence-electron chi connectivity index (χ3n) is 4.58. The summed E-state index contributed by atoms with van der Waals surface area (Å²) >= 11 is 0. The van der Waals surface area contributed by atoms with Gasteiger partial charge in [0.05, 0.1) is 0 Å². The van der Waals surface area contributed by atoms with Crippen LogP contribution in [0.2, 0.25) is 0 Å². The van der Waals surface area contributed by atoms with Crippen molar-refractivity contribution < 1.29 is 22.4 Å². The molecule has 0 unspecified atom stereocenters. The molecule has 150 valence electrons. The van der Waals surface area contributed by atoms with Gasteiger partial charge in [0, 0.05) is 30.6 Å². The van der Waals surface area contributed by atoms with Crippen LogP contribution in [0.15, 0.2) is 21.6 Å². The Kier molecular flexibility index (Phi) is 5.36. The van der Waals surface area contributed by atoms with Gasteiger partial charge in [0.2, 0.25) is 11.0 Å². The molecule has 27 heavy (non-hydrogen) atoms. The molecule has 8 nitrogen and oxygen atoms in total. The Labute approximate surface area is 159 Å². The molecule has 1 aromatic rings. The number of carbonyl (C=O) groups is 2. The van der Waals surface area contributed by atoms with E-state index in [1.54, 1.807) is 20.8 Å². The van der Waals surface area contributed by atoms with E-state index >= 15 is 0 Å². The second-order valence-corrected chi connectivity index (χ2v) is 9.93. The fourth-order valence-electron chi connectivity index (χ4n) is 3.13. The van der Waals surface area contributed by atoms with Gasteiger partial charge in [-0.2, -0.15) is 0 Å². The lowest BCUT2D eigenvalue weighted by Crippen LogP contribution is -2.46. The molecule has 0 aromatic carbocycles. The third-order valence-corrected chi connectivity index (χ3v) is 6.21. The number of rotatable bonds is 5. The topological polar surface area (TPSA) is 109 Å². The average Bonchev–Trinajstić information content (AvgIpc) is 3.28. The molecule has 0 radical (unpaired) electrons. The van der Waals surface area contributed by atoms with E-state index in [-0.39, 0.29) is 28.7 Å². The zero-order chi connectivity index (χ0) is 19.8. The highest BCUT2D eigenvalue weighted by molar-refractivity contribution is 7.89.